The first-order chi connectivity index (χ1) is 12.8. The lowest BCUT2D eigenvalue weighted by Gasteiger charge is -2.11. The van der Waals surface area contributed by atoms with Gasteiger partial charge in [-0.25, -0.2) is 4.98 Å². The molecule has 0 spiro atoms. The van der Waals surface area contributed by atoms with Crippen LogP contribution in [0.25, 0.3) is 16.6 Å². The van der Waals surface area contributed by atoms with E-state index in [-0.39, 0.29) is 0 Å². The Morgan fingerprint density at radius 2 is 1.73 bits per heavy atom. The number of aromatic nitrogens is 4. The summed E-state index contributed by atoms with van der Waals surface area (Å²) < 4.78 is 12.2. The fraction of sp³-hybridized carbons (Fsp3) is 0.105. The molecule has 0 aliphatic heterocycles. The molecule has 0 saturated carbocycles. The van der Waals surface area contributed by atoms with Crippen molar-refractivity contribution in [3.8, 4) is 22.6 Å². The van der Waals surface area contributed by atoms with Crippen molar-refractivity contribution in [1.29, 1.82) is 0 Å². The van der Waals surface area contributed by atoms with E-state index in [1.54, 1.807) is 37.4 Å². The molecule has 0 atom stereocenters. The Morgan fingerprint density at radius 3 is 2.50 bits per heavy atom. The van der Waals surface area contributed by atoms with Crippen LogP contribution in [0.2, 0.25) is 0 Å². The summed E-state index contributed by atoms with van der Waals surface area (Å²) in [6.07, 6.45) is 5.27. The molecule has 4 aromatic rings. The second-order valence-electron chi connectivity index (χ2n) is 5.61. The summed E-state index contributed by atoms with van der Waals surface area (Å²) in [7, 11) is 3.24. The zero-order valence-electron chi connectivity index (χ0n) is 14.4. The Morgan fingerprint density at radius 1 is 0.923 bits per heavy atom. The third-order valence-corrected chi connectivity index (χ3v) is 4.00. The lowest BCUT2D eigenvalue weighted by Crippen LogP contribution is -1.96. The first-order valence-electron chi connectivity index (χ1n) is 8.02. The van der Waals surface area contributed by atoms with Crippen molar-refractivity contribution in [3.05, 3.63) is 61.1 Å². The van der Waals surface area contributed by atoms with Crippen molar-refractivity contribution in [2.75, 3.05) is 19.5 Å². The zero-order valence-corrected chi connectivity index (χ0v) is 14.4. The van der Waals surface area contributed by atoms with E-state index in [0.29, 0.717) is 17.3 Å². The largest absolute Gasteiger partial charge is 0.497 e. The zero-order chi connectivity index (χ0) is 17.9. The minimum Gasteiger partial charge on any atom is -0.497 e. The molecule has 7 nitrogen and oxygen atoms in total. The van der Waals surface area contributed by atoms with Crippen LogP contribution in [-0.2, 0) is 0 Å². The highest BCUT2D eigenvalue weighted by molar-refractivity contribution is 5.81. The van der Waals surface area contributed by atoms with Gasteiger partial charge in [-0.1, -0.05) is 0 Å². The second-order valence-corrected chi connectivity index (χ2v) is 5.61. The Labute approximate surface area is 150 Å². The lowest BCUT2D eigenvalue weighted by atomic mass is 10.1. The minimum atomic E-state index is 0.705. The highest BCUT2D eigenvalue weighted by Crippen LogP contribution is 2.29. The van der Waals surface area contributed by atoms with Gasteiger partial charge >= 0.3 is 0 Å². The van der Waals surface area contributed by atoms with E-state index in [9.17, 15) is 0 Å². The predicted octanol–water partition coefficient (Wildman–Crippen LogP) is 3.55. The van der Waals surface area contributed by atoms with Gasteiger partial charge in [-0.15, -0.1) is 0 Å². The molecule has 130 valence electrons. The monoisotopic (exact) mass is 347 g/mol. The number of pyridine rings is 1. The van der Waals surface area contributed by atoms with Crippen molar-refractivity contribution in [1.82, 2.24) is 19.8 Å². The molecule has 3 heterocycles. The second kappa shape index (κ2) is 6.72. The van der Waals surface area contributed by atoms with Crippen LogP contribution in [0, 0.1) is 0 Å². The highest BCUT2D eigenvalue weighted by atomic mass is 16.5. The molecule has 0 amide bonds. The van der Waals surface area contributed by atoms with Crippen molar-refractivity contribution in [3.63, 3.8) is 0 Å². The maximum Gasteiger partial charge on any atom is 0.130 e. The van der Waals surface area contributed by atoms with Gasteiger partial charge in [0.15, 0.2) is 0 Å². The van der Waals surface area contributed by atoms with E-state index in [4.69, 9.17) is 9.47 Å². The van der Waals surface area contributed by atoms with E-state index < -0.39 is 0 Å². The van der Waals surface area contributed by atoms with Crippen LogP contribution >= 0.6 is 0 Å². The van der Waals surface area contributed by atoms with E-state index in [1.165, 1.54) is 0 Å². The van der Waals surface area contributed by atoms with Crippen molar-refractivity contribution in [2.45, 2.75) is 0 Å². The summed E-state index contributed by atoms with van der Waals surface area (Å²) >= 11 is 0. The van der Waals surface area contributed by atoms with Crippen LogP contribution in [0.15, 0.2) is 61.1 Å². The summed E-state index contributed by atoms with van der Waals surface area (Å²) in [5, 5.41) is 11.8. The third-order valence-electron chi connectivity index (χ3n) is 4.00. The minimum absolute atomic E-state index is 0.705. The number of hydrogen-bond acceptors (Lipinski definition) is 6. The van der Waals surface area contributed by atoms with E-state index in [1.807, 2.05) is 42.5 Å². The Bertz CT molecular complexity index is 1040. The number of nitrogens with one attached hydrogen (secondary N) is 1. The Kier molecular flexibility index (Phi) is 4.10. The van der Waals surface area contributed by atoms with Crippen LogP contribution in [-0.4, -0.2) is 34.0 Å². The van der Waals surface area contributed by atoms with Gasteiger partial charge in [-0.3, -0.25) is 0 Å². The molecule has 0 aliphatic rings. The molecule has 4 rings (SSSR count). The van der Waals surface area contributed by atoms with Gasteiger partial charge in [0.2, 0.25) is 0 Å². The van der Waals surface area contributed by atoms with Gasteiger partial charge in [0, 0.05) is 41.8 Å². The number of benzene rings is 1. The highest BCUT2D eigenvalue weighted by Gasteiger charge is 2.09. The normalized spacial score (nSPS) is 10.7. The van der Waals surface area contributed by atoms with Crippen LogP contribution in [0.1, 0.15) is 0 Å². The van der Waals surface area contributed by atoms with Gasteiger partial charge in [0.1, 0.15) is 17.3 Å². The van der Waals surface area contributed by atoms with Crippen molar-refractivity contribution in [2.24, 2.45) is 0 Å². The first-order valence-corrected chi connectivity index (χ1v) is 8.02. The maximum atomic E-state index is 5.31. The molecule has 0 unspecified atom stereocenters. The molecule has 0 saturated heterocycles. The average Bonchev–Trinajstić information content (AvgIpc) is 3.12. The molecule has 0 bridgehead atoms. The van der Waals surface area contributed by atoms with Crippen LogP contribution < -0.4 is 14.8 Å². The van der Waals surface area contributed by atoms with Gasteiger partial charge in [-0.2, -0.15) is 14.8 Å². The van der Waals surface area contributed by atoms with Gasteiger partial charge in [0.05, 0.1) is 25.9 Å². The van der Waals surface area contributed by atoms with Gasteiger partial charge < -0.3 is 14.8 Å². The predicted molar refractivity (Wildman–Crippen MR) is 99.0 cm³/mol. The molecule has 1 aromatic carbocycles. The van der Waals surface area contributed by atoms with Crippen LogP contribution in [0.5, 0.6) is 11.5 Å². The number of ether oxygens (including phenoxy) is 2. The Balaban J connectivity index is 1.68. The molecule has 0 radical (unpaired) electrons. The lowest BCUT2D eigenvalue weighted by molar-refractivity contribution is 0.395. The van der Waals surface area contributed by atoms with Crippen molar-refractivity contribution < 1.29 is 9.47 Å². The van der Waals surface area contributed by atoms with Crippen LogP contribution in [0.4, 0.5) is 11.5 Å². The summed E-state index contributed by atoms with van der Waals surface area (Å²) in [4.78, 5) is 4.40. The standard InChI is InChI=1S/C19H17N5O2/c1-25-15-9-14(10-16(11-15)26-2)23-19-8-13(5-7-20-19)17-12-22-24-18(17)4-3-6-21-24/h3-12H,1-2H3,(H,20,23). The number of rotatable bonds is 5. The molecule has 3 aromatic heterocycles. The summed E-state index contributed by atoms with van der Waals surface area (Å²) in [6, 6.07) is 13.4. The number of hydrogen-bond donors (Lipinski definition) is 1. The third kappa shape index (κ3) is 3.02. The summed E-state index contributed by atoms with van der Waals surface area (Å²) in [5.74, 6) is 2.12. The average molecular weight is 347 g/mol. The number of methoxy groups -OCH3 is 2. The maximum absolute atomic E-state index is 5.31. The molecule has 1 N–H and O–H groups in total. The molecule has 7 heteroatoms. The molecular formula is C19H17N5O2. The Hall–Kier alpha value is -3.61. The summed E-state index contributed by atoms with van der Waals surface area (Å²) in [5.41, 5.74) is 3.76. The number of fused-ring (bicyclic) bond motifs is 1. The fourth-order valence-corrected chi connectivity index (χ4v) is 2.75. The summed E-state index contributed by atoms with van der Waals surface area (Å²) in [6.45, 7) is 0. The topological polar surface area (TPSA) is 73.6 Å². The van der Waals surface area contributed by atoms with Gasteiger partial charge in [-0.05, 0) is 29.8 Å². The number of anilines is 2. The van der Waals surface area contributed by atoms with Gasteiger partial charge in [0.25, 0.3) is 0 Å². The van der Waals surface area contributed by atoms with E-state index in [2.05, 4.69) is 20.5 Å². The first kappa shape index (κ1) is 15.9. The van der Waals surface area contributed by atoms with Crippen LogP contribution in [0.3, 0.4) is 0 Å². The quantitative estimate of drug-likeness (QED) is 0.595. The molecule has 0 fully saturated rings. The smallest absolute Gasteiger partial charge is 0.130 e. The SMILES string of the molecule is COc1cc(Nc2cc(-c3cnn4ncccc34)ccn2)cc(OC)c1. The van der Waals surface area contributed by atoms with E-state index >= 15 is 0 Å². The molecule has 0 aliphatic carbocycles. The molecular weight excluding hydrogens is 330 g/mol. The van der Waals surface area contributed by atoms with E-state index in [0.717, 1.165) is 22.3 Å². The molecule has 26 heavy (non-hydrogen) atoms. The fourth-order valence-electron chi connectivity index (χ4n) is 2.75. The number of nitrogens with zero attached hydrogens (tertiary/aromatic N) is 4. The van der Waals surface area contributed by atoms with Crippen molar-refractivity contribution >= 4 is 17.0 Å².